The van der Waals surface area contributed by atoms with Crippen LogP contribution >= 0.6 is 0 Å². The molecule has 1 heterocycles. The van der Waals surface area contributed by atoms with Crippen molar-refractivity contribution in [2.24, 2.45) is 5.92 Å². The molecule has 1 aliphatic rings. The molecular weight excluding hydrogens is 172 g/mol. The van der Waals surface area contributed by atoms with Crippen LogP contribution in [0.1, 0.15) is 32.6 Å². The number of nitrogens with zero attached hydrogens (tertiary/aromatic N) is 1. The van der Waals surface area contributed by atoms with Crippen LogP contribution in [0.4, 0.5) is 8.78 Å². The first kappa shape index (κ1) is 10.9. The monoisotopic (exact) mass is 191 g/mol. The molecular formula is C10H19F2N. The Morgan fingerprint density at radius 2 is 2.15 bits per heavy atom. The molecule has 13 heavy (non-hydrogen) atoms. The molecule has 0 aromatic carbocycles. The summed E-state index contributed by atoms with van der Waals surface area (Å²) in [6.07, 6.45) is 2.15. The fourth-order valence-electron chi connectivity index (χ4n) is 1.86. The molecule has 1 saturated heterocycles. The molecule has 0 aliphatic carbocycles. The summed E-state index contributed by atoms with van der Waals surface area (Å²) >= 11 is 0. The lowest BCUT2D eigenvalue weighted by Crippen LogP contribution is -2.23. The van der Waals surface area contributed by atoms with Crippen molar-refractivity contribution in [3.63, 3.8) is 0 Å². The minimum Gasteiger partial charge on any atom is -0.303 e. The summed E-state index contributed by atoms with van der Waals surface area (Å²) in [5.74, 6) is -0.360. The Labute approximate surface area is 79.1 Å². The molecule has 1 aliphatic heterocycles. The SMILES string of the molecule is CCCCCN1CC[C@H](C(F)F)C1. The Hall–Kier alpha value is -0.180. The Morgan fingerprint density at radius 3 is 2.69 bits per heavy atom. The number of rotatable bonds is 5. The third-order valence-corrected chi connectivity index (χ3v) is 2.74. The second-order valence-corrected chi connectivity index (χ2v) is 3.89. The van der Waals surface area contributed by atoms with Gasteiger partial charge in [-0.1, -0.05) is 19.8 Å². The van der Waals surface area contributed by atoms with Gasteiger partial charge in [-0.2, -0.15) is 0 Å². The highest BCUT2D eigenvalue weighted by atomic mass is 19.3. The summed E-state index contributed by atoms with van der Waals surface area (Å²) in [4.78, 5) is 2.17. The van der Waals surface area contributed by atoms with Crippen molar-refractivity contribution in [2.45, 2.75) is 39.0 Å². The van der Waals surface area contributed by atoms with Gasteiger partial charge < -0.3 is 4.90 Å². The summed E-state index contributed by atoms with van der Waals surface area (Å²) in [6.45, 7) is 4.66. The quantitative estimate of drug-likeness (QED) is 0.604. The Bertz CT molecular complexity index is 139. The van der Waals surface area contributed by atoms with E-state index in [1.165, 1.54) is 12.8 Å². The van der Waals surface area contributed by atoms with Crippen LogP contribution in [0, 0.1) is 5.92 Å². The third kappa shape index (κ3) is 3.59. The van der Waals surface area contributed by atoms with E-state index in [2.05, 4.69) is 11.8 Å². The first-order chi connectivity index (χ1) is 6.24. The molecule has 0 amide bonds. The zero-order chi connectivity index (χ0) is 9.68. The summed E-state index contributed by atoms with van der Waals surface area (Å²) in [5.41, 5.74) is 0. The van der Waals surface area contributed by atoms with Gasteiger partial charge in [-0.05, 0) is 25.9 Å². The van der Waals surface area contributed by atoms with E-state index in [1.54, 1.807) is 0 Å². The van der Waals surface area contributed by atoms with Crippen LogP contribution < -0.4 is 0 Å². The van der Waals surface area contributed by atoms with E-state index < -0.39 is 6.43 Å². The van der Waals surface area contributed by atoms with Gasteiger partial charge in [-0.25, -0.2) is 8.78 Å². The molecule has 0 radical (unpaired) electrons. The van der Waals surface area contributed by atoms with Crippen molar-refractivity contribution in [1.82, 2.24) is 4.90 Å². The van der Waals surface area contributed by atoms with Gasteiger partial charge in [0.25, 0.3) is 0 Å². The van der Waals surface area contributed by atoms with Crippen molar-refractivity contribution >= 4 is 0 Å². The maximum atomic E-state index is 12.3. The summed E-state index contributed by atoms with van der Waals surface area (Å²) in [7, 11) is 0. The Kier molecular flexibility index (Phi) is 4.64. The molecule has 78 valence electrons. The average Bonchev–Trinajstić information content (AvgIpc) is 2.53. The number of alkyl halides is 2. The van der Waals surface area contributed by atoms with E-state index >= 15 is 0 Å². The van der Waals surface area contributed by atoms with Gasteiger partial charge in [0.15, 0.2) is 0 Å². The van der Waals surface area contributed by atoms with E-state index in [1.807, 2.05) is 0 Å². The highest BCUT2D eigenvalue weighted by Gasteiger charge is 2.28. The average molecular weight is 191 g/mol. The van der Waals surface area contributed by atoms with Gasteiger partial charge >= 0.3 is 0 Å². The Morgan fingerprint density at radius 1 is 1.38 bits per heavy atom. The summed E-state index contributed by atoms with van der Waals surface area (Å²) in [6, 6.07) is 0. The maximum Gasteiger partial charge on any atom is 0.242 e. The zero-order valence-corrected chi connectivity index (χ0v) is 8.31. The fourth-order valence-corrected chi connectivity index (χ4v) is 1.86. The Balaban J connectivity index is 2.10. The van der Waals surface area contributed by atoms with Gasteiger partial charge in [0.1, 0.15) is 0 Å². The normalized spacial score (nSPS) is 24.5. The highest BCUT2D eigenvalue weighted by Crippen LogP contribution is 2.22. The number of hydrogen-bond donors (Lipinski definition) is 0. The van der Waals surface area contributed by atoms with Crippen LogP contribution in [0.3, 0.4) is 0 Å². The van der Waals surface area contributed by atoms with Gasteiger partial charge in [0, 0.05) is 12.5 Å². The van der Waals surface area contributed by atoms with Gasteiger partial charge in [0.05, 0.1) is 0 Å². The molecule has 1 fully saturated rings. The minimum absolute atomic E-state index is 0.360. The maximum absolute atomic E-state index is 12.3. The van der Waals surface area contributed by atoms with Crippen LogP contribution in [0.15, 0.2) is 0 Å². The molecule has 0 saturated carbocycles. The van der Waals surface area contributed by atoms with E-state index in [0.29, 0.717) is 13.0 Å². The minimum atomic E-state index is -2.11. The van der Waals surface area contributed by atoms with Crippen molar-refractivity contribution in [3.05, 3.63) is 0 Å². The number of halogens is 2. The molecule has 1 atom stereocenters. The van der Waals surface area contributed by atoms with Crippen LogP contribution in [0.2, 0.25) is 0 Å². The molecule has 0 aromatic heterocycles. The van der Waals surface area contributed by atoms with Crippen LogP contribution in [-0.2, 0) is 0 Å². The van der Waals surface area contributed by atoms with Gasteiger partial charge in [0.2, 0.25) is 6.43 Å². The molecule has 0 N–H and O–H groups in total. The van der Waals surface area contributed by atoms with Crippen LogP contribution in [-0.4, -0.2) is 31.0 Å². The third-order valence-electron chi connectivity index (χ3n) is 2.74. The van der Waals surface area contributed by atoms with E-state index in [-0.39, 0.29) is 5.92 Å². The lowest BCUT2D eigenvalue weighted by Gasteiger charge is -2.15. The number of hydrogen-bond acceptors (Lipinski definition) is 1. The first-order valence-electron chi connectivity index (χ1n) is 5.24. The summed E-state index contributed by atoms with van der Waals surface area (Å²) < 4.78 is 24.5. The zero-order valence-electron chi connectivity index (χ0n) is 8.31. The van der Waals surface area contributed by atoms with Gasteiger partial charge in [-0.15, -0.1) is 0 Å². The predicted octanol–water partition coefficient (Wildman–Crippen LogP) is 2.76. The van der Waals surface area contributed by atoms with E-state index in [9.17, 15) is 8.78 Å². The lowest BCUT2D eigenvalue weighted by molar-refractivity contribution is 0.0807. The summed E-state index contributed by atoms with van der Waals surface area (Å²) in [5, 5.41) is 0. The molecule has 0 aromatic rings. The van der Waals surface area contributed by atoms with E-state index in [4.69, 9.17) is 0 Å². The van der Waals surface area contributed by atoms with Crippen LogP contribution in [0.25, 0.3) is 0 Å². The molecule has 3 heteroatoms. The van der Waals surface area contributed by atoms with Crippen molar-refractivity contribution in [3.8, 4) is 0 Å². The fraction of sp³-hybridized carbons (Fsp3) is 1.00. The highest BCUT2D eigenvalue weighted by molar-refractivity contribution is 4.76. The molecule has 0 bridgehead atoms. The molecule has 1 rings (SSSR count). The molecule has 0 unspecified atom stereocenters. The second kappa shape index (κ2) is 5.53. The standard InChI is InChI=1S/C10H19F2N/c1-2-3-4-6-13-7-5-9(8-13)10(11)12/h9-10H,2-8H2,1H3/t9-/m0/s1. The smallest absolute Gasteiger partial charge is 0.242 e. The second-order valence-electron chi connectivity index (χ2n) is 3.89. The van der Waals surface area contributed by atoms with Crippen molar-refractivity contribution in [2.75, 3.05) is 19.6 Å². The van der Waals surface area contributed by atoms with Gasteiger partial charge in [-0.3, -0.25) is 0 Å². The van der Waals surface area contributed by atoms with Crippen molar-refractivity contribution in [1.29, 1.82) is 0 Å². The van der Waals surface area contributed by atoms with Crippen LogP contribution in [0.5, 0.6) is 0 Å². The number of likely N-dealkylation sites (tertiary alicyclic amines) is 1. The predicted molar refractivity (Wildman–Crippen MR) is 50.1 cm³/mol. The van der Waals surface area contributed by atoms with E-state index in [0.717, 1.165) is 19.5 Å². The first-order valence-corrected chi connectivity index (χ1v) is 5.24. The molecule has 0 spiro atoms. The largest absolute Gasteiger partial charge is 0.303 e. The molecule has 1 nitrogen and oxygen atoms in total. The van der Waals surface area contributed by atoms with Crippen molar-refractivity contribution < 1.29 is 8.78 Å². The number of unbranched alkanes of at least 4 members (excludes halogenated alkanes) is 2. The lowest BCUT2D eigenvalue weighted by atomic mass is 10.1. The topological polar surface area (TPSA) is 3.24 Å².